The van der Waals surface area contributed by atoms with Crippen molar-refractivity contribution in [3.05, 3.63) is 0 Å². The van der Waals surface area contributed by atoms with E-state index in [9.17, 15) is 0 Å². The van der Waals surface area contributed by atoms with Gasteiger partial charge in [0.1, 0.15) is 6.10 Å². The second kappa shape index (κ2) is 7.47. The van der Waals surface area contributed by atoms with Crippen LogP contribution in [0.2, 0.25) is 0 Å². The summed E-state index contributed by atoms with van der Waals surface area (Å²) in [6.07, 6.45) is 6.59. The summed E-state index contributed by atoms with van der Waals surface area (Å²) < 4.78 is 12.3. The van der Waals surface area contributed by atoms with Crippen molar-refractivity contribution < 1.29 is 9.47 Å². The van der Waals surface area contributed by atoms with Crippen molar-refractivity contribution >= 4 is 11.6 Å². The van der Waals surface area contributed by atoms with E-state index in [1.54, 1.807) is 0 Å². The molecular formula is C17H31ClO2. The highest BCUT2D eigenvalue weighted by Gasteiger charge is 2.44. The molecule has 0 amide bonds. The predicted molar refractivity (Wildman–Crippen MR) is 84.3 cm³/mol. The average Bonchev–Trinajstić information content (AvgIpc) is 2.38. The molecule has 2 aliphatic carbocycles. The van der Waals surface area contributed by atoms with Gasteiger partial charge in [0.2, 0.25) is 0 Å². The Morgan fingerprint density at radius 3 is 2.50 bits per heavy atom. The van der Waals surface area contributed by atoms with Gasteiger partial charge in [-0.1, -0.05) is 34.1 Å². The number of hydrogen-bond acceptors (Lipinski definition) is 2. The maximum absolute atomic E-state index is 6.44. The highest BCUT2D eigenvalue weighted by molar-refractivity contribution is 6.21. The van der Waals surface area contributed by atoms with E-state index >= 15 is 0 Å². The van der Waals surface area contributed by atoms with E-state index in [4.69, 9.17) is 21.1 Å². The van der Waals surface area contributed by atoms with Crippen molar-refractivity contribution in [2.45, 2.75) is 83.5 Å². The lowest BCUT2D eigenvalue weighted by Crippen LogP contribution is -2.53. The lowest BCUT2D eigenvalue weighted by atomic mass is 9.75. The lowest BCUT2D eigenvalue weighted by molar-refractivity contribution is -0.172. The van der Waals surface area contributed by atoms with E-state index in [1.807, 2.05) is 0 Å². The Bertz CT molecular complexity index is 295. The number of alkyl halides is 1. The van der Waals surface area contributed by atoms with Crippen LogP contribution >= 0.6 is 11.6 Å². The zero-order chi connectivity index (χ0) is 14.7. The molecule has 0 aliphatic heterocycles. The van der Waals surface area contributed by atoms with Gasteiger partial charge >= 0.3 is 0 Å². The van der Waals surface area contributed by atoms with Gasteiger partial charge in [0, 0.05) is 6.61 Å². The molecule has 0 spiro atoms. The first-order valence-electron chi connectivity index (χ1n) is 8.44. The lowest BCUT2D eigenvalue weighted by Gasteiger charge is -2.46. The van der Waals surface area contributed by atoms with Crippen LogP contribution in [0.1, 0.15) is 59.8 Å². The maximum atomic E-state index is 6.44. The van der Waals surface area contributed by atoms with Gasteiger partial charge in [-0.2, -0.15) is 0 Å². The fraction of sp³-hybridized carbons (Fsp3) is 1.00. The molecule has 2 aliphatic rings. The second-order valence-corrected chi connectivity index (χ2v) is 7.69. The average molecular weight is 303 g/mol. The van der Waals surface area contributed by atoms with Crippen LogP contribution < -0.4 is 0 Å². The van der Waals surface area contributed by atoms with Gasteiger partial charge in [-0.25, -0.2) is 0 Å². The van der Waals surface area contributed by atoms with Crippen LogP contribution in [0.25, 0.3) is 0 Å². The van der Waals surface area contributed by atoms with E-state index in [-0.39, 0.29) is 17.6 Å². The maximum Gasteiger partial charge on any atom is 0.100 e. The summed E-state index contributed by atoms with van der Waals surface area (Å²) >= 11 is 6.29. The first-order valence-corrected chi connectivity index (χ1v) is 8.87. The van der Waals surface area contributed by atoms with Crippen molar-refractivity contribution in [2.24, 2.45) is 17.8 Å². The predicted octanol–water partition coefficient (Wildman–Crippen LogP) is 4.64. The summed E-state index contributed by atoms with van der Waals surface area (Å²) in [6.45, 7) is 9.93. The summed E-state index contributed by atoms with van der Waals surface area (Å²) in [6, 6.07) is 0. The molecule has 0 radical (unpaired) electrons. The number of ether oxygens (including phenoxy) is 2. The number of halogens is 1. The monoisotopic (exact) mass is 302 g/mol. The van der Waals surface area contributed by atoms with Crippen LogP contribution in [0, 0.1) is 17.8 Å². The van der Waals surface area contributed by atoms with Gasteiger partial charge in [-0.15, -0.1) is 11.6 Å². The van der Waals surface area contributed by atoms with Crippen molar-refractivity contribution in [3.8, 4) is 0 Å². The van der Waals surface area contributed by atoms with Crippen LogP contribution in [0.4, 0.5) is 0 Å². The van der Waals surface area contributed by atoms with Crippen molar-refractivity contribution in [1.82, 2.24) is 0 Å². The van der Waals surface area contributed by atoms with Gasteiger partial charge in [-0.05, 0) is 43.4 Å². The van der Waals surface area contributed by atoms with Gasteiger partial charge in [0.25, 0.3) is 0 Å². The Labute approximate surface area is 129 Å². The number of rotatable bonds is 6. The quantitative estimate of drug-likeness (QED) is 0.666. The molecule has 0 aromatic carbocycles. The Morgan fingerprint density at radius 1 is 1.15 bits per heavy atom. The Morgan fingerprint density at radius 2 is 1.90 bits per heavy atom. The van der Waals surface area contributed by atoms with Crippen molar-refractivity contribution in [2.75, 3.05) is 6.61 Å². The first-order chi connectivity index (χ1) is 9.52. The van der Waals surface area contributed by atoms with E-state index in [0.29, 0.717) is 17.9 Å². The molecule has 118 valence electrons. The Balaban J connectivity index is 1.89. The molecule has 2 fully saturated rings. The largest absolute Gasteiger partial charge is 0.374 e. The molecule has 6 atom stereocenters. The Hall–Kier alpha value is 0.210. The minimum absolute atomic E-state index is 0.113. The molecule has 0 N–H and O–H groups in total. The molecule has 3 heteroatoms. The molecular weight excluding hydrogens is 272 g/mol. The van der Waals surface area contributed by atoms with Crippen LogP contribution in [0.3, 0.4) is 0 Å². The topological polar surface area (TPSA) is 18.5 Å². The van der Waals surface area contributed by atoms with Crippen LogP contribution in [0.15, 0.2) is 0 Å². The van der Waals surface area contributed by atoms with Gasteiger partial charge < -0.3 is 9.47 Å². The van der Waals surface area contributed by atoms with E-state index < -0.39 is 0 Å². The summed E-state index contributed by atoms with van der Waals surface area (Å²) in [5, 5.41) is 0.144. The van der Waals surface area contributed by atoms with Gasteiger partial charge in [-0.3, -0.25) is 0 Å². The molecule has 20 heavy (non-hydrogen) atoms. The zero-order valence-electron chi connectivity index (χ0n) is 13.5. The SMILES string of the molecule is CCCOC1C(Cl)CC1OC1CC(C)CCC1C(C)C. The highest BCUT2D eigenvalue weighted by atomic mass is 35.5. The third kappa shape index (κ3) is 3.90. The van der Waals surface area contributed by atoms with Crippen molar-refractivity contribution in [3.63, 3.8) is 0 Å². The standard InChI is InChI=1S/C17H31ClO2/c1-5-8-19-17-14(18)10-16(17)20-15-9-12(4)6-7-13(15)11(2)3/h11-17H,5-10H2,1-4H3. The highest BCUT2D eigenvalue weighted by Crippen LogP contribution is 2.40. The zero-order valence-corrected chi connectivity index (χ0v) is 14.2. The van der Waals surface area contributed by atoms with Crippen molar-refractivity contribution in [1.29, 1.82) is 0 Å². The summed E-state index contributed by atoms with van der Waals surface area (Å²) in [4.78, 5) is 0. The van der Waals surface area contributed by atoms with E-state index in [1.165, 1.54) is 19.3 Å². The molecule has 0 saturated heterocycles. The molecule has 2 nitrogen and oxygen atoms in total. The smallest absolute Gasteiger partial charge is 0.100 e. The summed E-state index contributed by atoms with van der Waals surface area (Å²) in [7, 11) is 0. The minimum atomic E-state index is 0.113. The first kappa shape index (κ1) is 16.6. The van der Waals surface area contributed by atoms with Crippen LogP contribution in [-0.2, 0) is 9.47 Å². The minimum Gasteiger partial charge on any atom is -0.374 e. The van der Waals surface area contributed by atoms with E-state index in [0.717, 1.165) is 25.4 Å². The third-order valence-corrected chi connectivity index (χ3v) is 5.43. The molecule has 6 unspecified atom stereocenters. The second-order valence-electron chi connectivity index (χ2n) is 7.13. The molecule has 0 aromatic rings. The molecule has 2 saturated carbocycles. The fourth-order valence-electron chi connectivity index (χ4n) is 3.62. The van der Waals surface area contributed by atoms with Crippen LogP contribution in [-0.4, -0.2) is 30.3 Å². The molecule has 2 rings (SSSR count). The molecule has 0 heterocycles. The number of hydrogen-bond donors (Lipinski definition) is 0. The van der Waals surface area contributed by atoms with Gasteiger partial charge in [0.05, 0.1) is 17.6 Å². The molecule has 0 bridgehead atoms. The normalized spacial score (nSPS) is 41.7. The molecule has 0 aromatic heterocycles. The third-order valence-electron chi connectivity index (χ3n) is 5.01. The van der Waals surface area contributed by atoms with Crippen LogP contribution in [0.5, 0.6) is 0 Å². The summed E-state index contributed by atoms with van der Waals surface area (Å²) in [5.74, 6) is 2.19. The van der Waals surface area contributed by atoms with E-state index in [2.05, 4.69) is 27.7 Å². The summed E-state index contributed by atoms with van der Waals surface area (Å²) in [5.41, 5.74) is 0. The Kier molecular flexibility index (Phi) is 6.19. The van der Waals surface area contributed by atoms with Gasteiger partial charge in [0.15, 0.2) is 0 Å². The fourth-order valence-corrected chi connectivity index (χ4v) is 4.03.